The van der Waals surface area contributed by atoms with Crippen LogP contribution in [0.4, 0.5) is 0 Å². The minimum Gasteiger partial charge on any atom is -0.496 e. The lowest BCUT2D eigenvalue weighted by molar-refractivity contribution is 0.412. The normalized spacial score (nSPS) is 10.4. The fourth-order valence-corrected chi connectivity index (χ4v) is 2.94. The summed E-state index contributed by atoms with van der Waals surface area (Å²) in [5, 5.41) is 0. The Balaban J connectivity index is 2.49. The minimum absolute atomic E-state index is 0.648. The monoisotopic (exact) mass is 420 g/mol. The highest BCUT2D eigenvalue weighted by atomic mass is 79.9. The molecular formula is C11H7Br3N2O. The van der Waals surface area contributed by atoms with Crippen molar-refractivity contribution in [2.75, 3.05) is 7.11 Å². The van der Waals surface area contributed by atoms with Crippen molar-refractivity contribution in [1.29, 1.82) is 0 Å². The van der Waals surface area contributed by atoms with Gasteiger partial charge in [-0.1, -0.05) is 0 Å². The summed E-state index contributed by atoms with van der Waals surface area (Å²) in [5.74, 6) is 1.43. The van der Waals surface area contributed by atoms with Gasteiger partial charge < -0.3 is 4.74 Å². The summed E-state index contributed by atoms with van der Waals surface area (Å²) in [6.07, 6.45) is 0. The first-order chi connectivity index (χ1) is 8.10. The van der Waals surface area contributed by atoms with Crippen LogP contribution in [0, 0.1) is 0 Å². The Hall–Kier alpha value is -0.460. The van der Waals surface area contributed by atoms with E-state index in [0.717, 1.165) is 25.0 Å². The van der Waals surface area contributed by atoms with Gasteiger partial charge in [0, 0.05) is 11.6 Å². The molecule has 1 heterocycles. The molecule has 0 atom stereocenters. The zero-order valence-electron chi connectivity index (χ0n) is 8.75. The summed E-state index contributed by atoms with van der Waals surface area (Å²) in [7, 11) is 1.63. The summed E-state index contributed by atoms with van der Waals surface area (Å²) in [6.45, 7) is 0. The molecule has 0 radical (unpaired) electrons. The highest BCUT2D eigenvalue weighted by Gasteiger charge is 2.07. The van der Waals surface area contributed by atoms with Crippen molar-refractivity contribution < 1.29 is 4.74 Å². The molecule has 0 spiro atoms. The topological polar surface area (TPSA) is 35.0 Å². The van der Waals surface area contributed by atoms with Crippen molar-refractivity contribution in [1.82, 2.24) is 9.97 Å². The van der Waals surface area contributed by atoms with E-state index in [-0.39, 0.29) is 0 Å². The Bertz CT molecular complexity index is 540. The van der Waals surface area contributed by atoms with Gasteiger partial charge in [0.2, 0.25) is 0 Å². The number of aromatic nitrogens is 2. The fraction of sp³-hybridized carbons (Fsp3) is 0.0909. The van der Waals surface area contributed by atoms with Crippen LogP contribution < -0.4 is 4.74 Å². The quantitative estimate of drug-likeness (QED) is 0.671. The first kappa shape index (κ1) is 13.0. The van der Waals surface area contributed by atoms with Gasteiger partial charge in [-0.3, -0.25) is 0 Å². The highest BCUT2D eigenvalue weighted by molar-refractivity contribution is 9.11. The number of halogens is 3. The summed E-state index contributed by atoms with van der Waals surface area (Å²) in [5.41, 5.74) is 0.916. The molecule has 0 aliphatic heterocycles. The zero-order valence-corrected chi connectivity index (χ0v) is 13.5. The molecule has 0 saturated carbocycles. The Morgan fingerprint density at radius 2 is 1.65 bits per heavy atom. The second-order valence-electron chi connectivity index (χ2n) is 3.19. The maximum atomic E-state index is 5.18. The molecule has 1 aromatic carbocycles. The van der Waals surface area contributed by atoms with Crippen LogP contribution in [0.25, 0.3) is 11.4 Å². The highest BCUT2D eigenvalue weighted by Crippen LogP contribution is 2.30. The second kappa shape index (κ2) is 5.46. The largest absolute Gasteiger partial charge is 0.496 e. The van der Waals surface area contributed by atoms with Crippen LogP contribution in [0.3, 0.4) is 0 Å². The number of rotatable bonds is 2. The van der Waals surface area contributed by atoms with Gasteiger partial charge in [-0.2, -0.15) is 0 Å². The number of hydrogen-bond donors (Lipinski definition) is 0. The van der Waals surface area contributed by atoms with E-state index in [1.165, 1.54) is 0 Å². The molecule has 17 heavy (non-hydrogen) atoms. The van der Waals surface area contributed by atoms with Crippen molar-refractivity contribution in [2.24, 2.45) is 0 Å². The summed E-state index contributed by atoms with van der Waals surface area (Å²) in [6, 6.07) is 7.50. The summed E-state index contributed by atoms with van der Waals surface area (Å²) < 4.78 is 7.52. The van der Waals surface area contributed by atoms with Crippen molar-refractivity contribution in [3.8, 4) is 17.1 Å². The van der Waals surface area contributed by atoms with E-state index in [0.29, 0.717) is 5.82 Å². The van der Waals surface area contributed by atoms with Crippen LogP contribution in [0.15, 0.2) is 37.9 Å². The Morgan fingerprint density at radius 1 is 1.00 bits per heavy atom. The van der Waals surface area contributed by atoms with Crippen LogP contribution in [0.1, 0.15) is 0 Å². The molecule has 0 unspecified atom stereocenters. The summed E-state index contributed by atoms with van der Waals surface area (Å²) >= 11 is 10.1. The average Bonchev–Trinajstić information content (AvgIpc) is 2.27. The molecule has 1 aromatic heterocycles. The molecule has 2 rings (SSSR count). The third kappa shape index (κ3) is 3.05. The van der Waals surface area contributed by atoms with E-state index < -0.39 is 0 Å². The van der Waals surface area contributed by atoms with Gasteiger partial charge in [-0.25, -0.2) is 9.97 Å². The zero-order chi connectivity index (χ0) is 12.4. The molecule has 0 N–H and O–H groups in total. The SMILES string of the molecule is COc1ccc(-c2nc(Br)cc(Br)n2)cc1Br. The molecule has 3 nitrogen and oxygen atoms in total. The van der Waals surface area contributed by atoms with E-state index in [1.54, 1.807) is 13.2 Å². The predicted molar refractivity (Wildman–Crippen MR) is 77.1 cm³/mol. The van der Waals surface area contributed by atoms with Crippen LogP contribution in [0.2, 0.25) is 0 Å². The van der Waals surface area contributed by atoms with Crippen LogP contribution in [0.5, 0.6) is 5.75 Å². The molecule has 88 valence electrons. The van der Waals surface area contributed by atoms with Gasteiger partial charge >= 0.3 is 0 Å². The smallest absolute Gasteiger partial charge is 0.161 e. The molecule has 0 aliphatic carbocycles. The van der Waals surface area contributed by atoms with Crippen LogP contribution in [-0.2, 0) is 0 Å². The maximum absolute atomic E-state index is 5.18. The number of ether oxygens (including phenoxy) is 1. The molecule has 0 bridgehead atoms. The molecule has 0 aliphatic rings. The predicted octanol–water partition coefficient (Wildman–Crippen LogP) is 4.44. The number of hydrogen-bond acceptors (Lipinski definition) is 3. The Morgan fingerprint density at radius 3 is 2.18 bits per heavy atom. The van der Waals surface area contributed by atoms with Gasteiger partial charge in [0.15, 0.2) is 5.82 Å². The van der Waals surface area contributed by atoms with Gasteiger partial charge in [0.05, 0.1) is 11.6 Å². The number of benzene rings is 1. The molecule has 2 aromatic rings. The molecular weight excluding hydrogens is 416 g/mol. The molecule has 0 fully saturated rings. The third-order valence-electron chi connectivity index (χ3n) is 2.07. The third-order valence-corrected chi connectivity index (χ3v) is 3.51. The van der Waals surface area contributed by atoms with Crippen molar-refractivity contribution in [2.45, 2.75) is 0 Å². The lowest BCUT2D eigenvalue weighted by Gasteiger charge is -2.06. The van der Waals surface area contributed by atoms with E-state index in [1.807, 2.05) is 18.2 Å². The summed E-state index contributed by atoms with van der Waals surface area (Å²) in [4.78, 5) is 8.63. The molecule has 0 saturated heterocycles. The van der Waals surface area contributed by atoms with E-state index >= 15 is 0 Å². The van der Waals surface area contributed by atoms with Crippen molar-refractivity contribution in [3.05, 3.63) is 37.9 Å². The minimum atomic E-state index is 0.648. The van der Waals surface area contributed by atoms with Gasteiger partial charge in [-0.15, -0.1) is 0 Å². The second-order valence-corrected chi connectivity index (χ2v) is 5.67. The van der Waals surface area contributed by atoms with Crippen molar-refractivity contribution >= 4 is 47.8 Å². The van der Waals surface area contributed by atoms with E-state index in [4.69, 9.17) is 4.74 Å². The standard InChI is InChI=1S/C11H7Br3N2O/c1-17-8-3-2-6(4-7(8)12)11-15-9(13)5-10(14)16-11/h2-5H,1H3. The van der Waals surface area contributed by atoms with Crippen LogP contribution >= 0.6 is 47.8 Å². The van der Waals surface area contributed by atoms with Crippen molar-refractivity contribution in [3.63, 3.8) is 0 Å². The van der Waals surface area contributed by atoms with Crippen LogP contribution in [-0.4, -0.2) is 17.1 Å². The first-order valence-corrected chi connectivity index (χ1v) is 7.02. The van der Waals surface area contributed by atoms with Gasteiger partial charge in [0.25, 0.3) is 0 Å². The number of nitrogens with zero attached hydrogens (tertiary/aromatic N) is 2. The van der Waals surface area contributed by atoms with E-state index in [9.17, 15) is 0 Å². The number of methoxy groups -OCH3 is 1. The average molecular weight is 423 g/mol. The van der Waals surface area contributed by atoms with Gasteiger partial charge in [-0.05, 0) is 66.0 Å². The molecule has 6 heteroatoms. The lowest BCUT2D eigenvalue weighted by Crippen LogP contribution is -1.91. The Labute approximate surface area is 124 Å². The first-order valence-electron chi connectivity index (χ1n) is 4.64. The lowest BCUT2D eigenvalue weighted by atomic mass is 10.2. The maximum Gasteiger partial charge on any atom is 0.161 e. The van der Waals surface area contributed by atoms with E-state index in [2.05, 4.69) is 57.8 Å². The fourth-order valence-electron chi connectivity index (χ4n) is 1.32. The molecule has 0 amide bonds. The van der Waals surface area contributed by atoms with Gasteiger partial charge in [0.1, 0.15) is 15.0 Å². The Kier molecular flexibility index (Phi) is 4.17.